The Morgan fingerprint density at radius 3 is 2.67 bits per heavy atom. The van der Waals surface area contributed by atoms with E-state index in [1.54, 1.807) is 12.1 Å². The molecule has 1 aromatic heterocycles. The van der Waals surface area contributed by atoms with Gasteiger partial charge < -0.3 is 25.1 Å². The number of aliphatic carboxylic acids is 1. The van der Waals surface area contributed by atoms with Crippen LogP contribution in [0.3, 0.4) is 0 Å². The summed E-state index contributed by atoms with van der Waals surface area (Å²) in [7, 11) is 1.49. The Morgan fingerprint density at radius 2 is 2.10 bits per heavy atom. The topological polar surface area (TPSA) is 112 Å². The Labute approximate surface area is 122 Å². The lowest BCUT2D eigenvalue weighted by atomic mass is 10.2. The predicted molar refractivity (Wildman–Crippen MR) is 73.4 cm³/mol. The van der Waals surface area contributed by atoms with Gasteiger partial charge in [0.1, 0.15) is 5.76 Å². The summed E-state index contributed by atoms with van der Waals surface area (Å²) in [5.74, 6) is -1.40. The van der Waals surface area contributed by atoms with Crippen molar-refractivity contribution in [2.45, 2.75) is 13.5 Å². The summed E-state index contributed by atoms with van der Waals surface area (Å²) in [5.41, 5.74) is 0. The molecule has 1 unspecified atom stereocenters. The van der Waals surface area contributed by atoms with Crippen molar-refractivity contribution in [1.29, 1.82) is 0 Å². The fourth-order valence-electron chi connectivity index (χ4n) is 1.52. The number of hydrogen-bond acceptors (Lipinski definition) is 4. The molecule has 0 aromatic carbocycles. The van der Waals surface area contributed by atoms with E-state index in [-0.39, 0.29) is 25.5 Å². The maximum atomic E-state index is 11.7. The van der Waals surface area contributed by atoms with Gasteiger partial charge in [-0.25, -0.2) is 4.79 Å². The minimum atomic E-state index is -0.973. The van der Waals surface area contributed by atoms with Crippen molar-refractivity contribution in [2.75, 3.05) is 20.1 Å². The zero-order valence-electron chi connectivity index (χ0n) is 12.0. The summed E-state index contributed by atoms with van der Waals surface area (Å²) < 4.78 is 5.04. The van der Waals surface area contributed by atoms with Crippen LogP contribution in [0.5, 0.6) is 0 Å². The zero-order valence-corrected chi connectivity index (χ0v) is 12.0. The highest BCUT2D eigenvalue weighted by atomic mass is 16.4. The lowest BCUT2D eigenvalue weighted by molar-refractivity contribution is -0.142. The van der Waals surface area contributed by atoms with Gasteiger partial charge in [-0.1, -0.05) is 6.92 Å². The SMILES string of the molecule is CC(CN(C)C(=O)CNC(=O)NCc1ccco1)C(=O)O. The summed E-state index contributed by atoms with van der Waals surface area (Å²) in [6.45, 7) is 1.62. The third-order valence-corrected chi connectivity index (χ3v) is 2.80. The Kier molecular flexibility index (Phi) is 6.25. The first-order valence-corrected chi connectivity index (χ1v) is 6.41. The number of amides is 3. The summed E-state index contributed by atoms with van der Waals surface area (Å²) in [4.78, 5) is 35.1. The number of carbonyl (C=O) groups is 3. The van der Waals surface area contributed by atoms with Crippen molar-refractivity contribution < 1.29 is 23.9 Å². The van der Waals surface area contributed by atoms with E-state index in [1.165, 1.54) is 25.1 Å². The summed E-state index contributed by atoms with van der Waals surface area (Å²) in [5, 5.41) is 13.7. The van der Waals surface area contributed by atoms with Crippen LogP contribution in [0, 0.1) is 5.92 Å². The summed E-state index contributed by atoms with van der Waals surface area (Å²) in [6, 6.07) is 2.92. The molecule has 0 fully saturated rings. The Morgan fingerprint density at radius 1 is 1.38 bits per heavy atom. The highest BCUT2D eigenvalue weighted by molar-refractivity contribution is 5.84. The van der Waals surface area contributed by atoms with Crippen molar-refractivity contribution in [3.05, 3.63) is 24.2 Å². The normalized spacial score (nSPS) is 11.5. The molecule has 3 N–H and O–H groups in total. The van der Waals surface area contributed by atoms with Gasteiger partial charge in [-0.2, -0.15) is 0 Å². The smallest absolute Gasteiger partial charge is 0.315 e. The molecule has 8 nitrogen and oxygen atoms in total. The fourth-order valence-corrected chi connectivity index (χ4v) is 1.52. The van der Waals surface area contributed by atoms with Crippen LogP contribution in [0.1, 0.15) is 12.7 Å². The number of carboxylic acid groups (broad SMARTS) is 1. The molecule has 116 valence electrons. The molecule has 0 saturated carbocycles. The molecule has 1 atom stereocenters. The van der Waals surface area contributed by atoms with Crippen molar-refractivity contribution in [3.8, 4) is 0 Å². The molecule has 1 heterocycles. The third-order valence-electron chi connectivity index (χ3n) is 2.80. The molecule has 3 amide bonds. The van der Waals surface area contributed by atoms with Crippen molar-refractivity contribution >= 4 is 17.9 Å². The maximum Gasteiger partial charge on any atom is 0.315 e. The van der Waals surface area contributed by atoms with Crippen LogP contribution in [-0.2, 0) is 16.1 Å². The summed E-state index contributed by atoms with van der Waals surface area (Å²) in [6.07, 6.45) is 1.50. The number of urea groups is 1. The Bertz CT molecular complexity index is 486. The van der Waals surface area contributed by atoms with E-state index in [2.05, 4.69) is 10.6 Å². The number of carboxylic acids is 1. The van der Waals surface area contributed by atoms with Crippen LogP contribution in [0.4, 0.5) is 4.79 Å². The third kappa shape index (κ3) is 5.98. The number of carbonyl (C=O) groups excluding carboxylic acids is 2. The fraction of sp³-hybridized carbons (Fsp3) is 0.462. The lowest BCUT2D eigenvalue weighted by Crippen LogP contribution is -2.43. The molecule has 0 bridgehead atoms. The van der Waals surface area contributed by atoms with Crippen molar-refractivity contribution in [1.82, 2.24) is 15.5 Å². The van der Waals surface area contributed by atoms with Crippen LogP contribution < -0.4 is 10.6 Å². The second-order valence-electron chi connectivity index (χ2n) is 4.63. The van der Waals surface area contributed by atoms with Crippen molar-refractivity contribution in [3.63, 3.8) is 0 Å². The largest absolute Gasteiger partial charge is 0.481 e. The van der Waals surface area contributed by atoms with Crippen LogP contribution >= 0.6 is 0 Å². The van der Waals surface area contributed by atoms with Crippen molar-refractivity contribution in [2.24, 2.45) is 5.92 Å². The second-order valence-corrected chi connectivity index (χ2v) is 4.63. The molecule has 21 heavy (non-hydrogen) atoms. The standard InChI is InChI=1S/C13H19N3O5/c1-9(12(18)19)8-16(2)11(17)7-15-13(20)14-6-10-4-3-5-21-10/h3-5,9H,6-8H2,1-2H3,(H,18,19)(H2,14,15,20). The molecule has 0 spiro atoms. The van der Waals surface area contributed by atoms with E-state index in [9.17, 15) is 14.4 Å². The Balaban J connectivity index is 2.25. The van der Waals surface area contributed by atoms with Crippen LogP contribution in [0.15, 0.2) is 22.8 Å². The van der Waals surface area contributed by atoms with E-state index in [1.807, 2.05) is 0 Å². The predicted octanol–water partition coefficient (Wildman–Crippen LogP) is 0.258. The highest BCUT2D eigenvalue weighted by Gasteiger charge is 2.17. The van der Waals surface area contributed by atoms with E-state index in [4.69, 9.17) is 9.52 Å². The number of likely N-dealkylation sites (N-methyl/N-ethyl adjacent to an activating group) is 1. The highest BCUT2D eigenvalue weighted by Crippen LogP contribution is 1.99. The first-order valence-electron chi connectivity index (χ1n) is 6.41. The molecule has 0 radical (unpaired) electrons. The number of nitrogens with zero attached hydrogens (tertiary/aromatic N) is 1. The average molecular weight is 297 g/mol. The van der Waals surface area contributed by atoms with Crippen LogP contribution in [0.2, 0.25) is 0 Å². The van der Waals surface area contributed by atoms with Gasteiger partial charge in [-0.3, -0.25) is 9.59 Å². The van der Waals surface area contributed by atoms with Gasteiger partial charge in [0, 0.05) is 13.6 Å². The first kappa shape index (κ1) is 16.5. The molecule has 1 rings (SSSR count). The molecule has 8 heteroatoms. The lowest BCUT2D eigenvalue weighted by Gasteiger charge is -2.19. The van der Waals surface area contributed by atoms with Gasteiger partial charge in [-0.15, -0.1) is 0 Å². The first-order chi connectivity index (χ1) is 9.90. The average Bonchev–Trinajstić information content (AvgIpc) is 2.95. The monoisotopic (exact) mass is 297 g/mol. The van der Waals surface area contributed by atoms with Gasteiger partial charge in [-0.05, 0) is 12.1 Å². The van der Waals surface area contributed by atoms with E-state index in [0.29, 0.717) is 5.76 Å². The minimum Gasteiger partial charge on any atom is -0.481 e. The number of hydrogen-bond donors (Lipinski definition) is 3. The number of furan rings is 1. The van der Waals surface area contributed by atoms with Gasteiger partial charge in [0.2, 0.25) is 5.91 Å². The Hall–Kier alpha value is -2.51. The molecular weight excluding hydrogens is 278 g/mol. The maximum absolute atomic E-state index is 11.7. The van der Waals surface area contributed by atoms with Gasteiger partial charge in [0.25, 0.3) is 0 Å². The molecular formula is C13H19N3O5. The second kappa shape index (κ2) is 7.93. The molecule has 0 aliphatic heterocycles. The number of rotatable bonds is 7. The quantitative estimate of drug-likeness (QED) is 0.668. The summed E-state index contributed by atoms with van der Waals surface area (Å²) >= 11 is 0. The van der Waals surface area contributed by atoms with Crippen LogP contribution in [-0.4, -0.2) is 48.1 Å². The minimum absolute atomic E-state index is 0.0872. The van der Waals surface area contributed by atoms with E-state index >= 15 is 0 Å². The van der Waals surface area contributed by atoms with E-state index < -0.39 is 17.9 Å². The van der Waals surface area contributed by atoms with Gasteiger partial charge in [0.05, 0.1) is 25.3 Å². The molecule has 0 aliphatic rings. The van der Waals surface area contributed by atoms with E-state index in [0.717, 1.165) is 0 Å². The molecule has 0 aliphatic carbocycles. The molecule has 0 saturated heterocycles. The molecule has 1 aromatic rings. The number of nitrogens with one attached hydrogen (secondary N) is 2. The van der Waals surface area contributed by atoms with Gasteiger partial charge in [0.15, 0.2) is 0 Å². The zero-order chi connectivity index (χ0) is 15.8. The van der Waals surface area contributed by atoms with Gasteiger partial charge >= 0.3 is 12.0 Å². The van der Waals surface area contributed by atoms with Crippen LogP contribution in [0.25, 0.3) is 0 Å².